The zero-order valence-corrected chi connectivity index (χ0v) is 21.6. The average Bonchev–Trinajstić information content (AvgIpc) is 3.24. The number of carbonyl (C=O) groups excluding carboxylic acids is 3. The molecular weight excluding hydrogens is 492 g/mol. The zero-order valence-electron chi connectivity index (χ0n) is 21.6. The molecule has 1 N–H and O–H groups in total. The van der Waals surface area contributed by atoms with Crippen LogP contribution < -0.4 is 18.9 Å². The Balaban J connectivity index is 1.54. The van der Waals surface area contributed by atoms with Crippen LogP contribution in [0.15, 0.2) is 48.6 Å². The summed E-state index contributed by atoms with van der Waals surface area (Å²) in [5, 5.41) is 10.8. The molecule has 1 saturated carbocycles. The normalized spacial score (nSPS) is 24.3. The van der Waals surface area contributed by atoms with Crippen LogP contribution in [-0.4, -0.2) is 63.3 Å². The molecule has 1 saturated heterocycles. The summed E-state index contributed by atoms with van der Waals surface area (Å²) >= 11 is 0. The number of ether oxygens (including phenoxy) is 5. The van der Waals surface area contributed by atoms with E-state index in [0.717, 1.165) is 0 Å². The molecule has 2 bridgehead atoms. The predicted molar refractivity (Wildman–Crippen MR) is 138 cm³/mol. The highest BCUT2D eigenvalue weighted by Crippen LogP contribution is 2.49. The fraction of sp³-hybridized carbons (Fsp3) is 0.345. The Labute approximate surface area is 220 Å². The standard InChI is InChI=1S/C29H30O9/c1-34-21-10-6-17(13-23(21)36-3)5-9-20(30)19-15-29(16-25(27(19)32)38-28(29)33)26(31)12-8-18-7-11-22(35-2)24(14-18)37-4/h5-14,19,25,27,32H,15-16H2,1-4H3/b9-5+,12-8+/t19-,25+,27+,29+/m0/s1. The molecule has 200 valence electrons. The van der Waals surface area contributed by atoms with E-state index in [0.29, 0.717) is 34.1 Å². The van der Waals surface area contributed by atoms with Gasteiger partial charge in [-0.1, -0.05) is 24.3 Å². The van der Waals surface area contributed by atoms with Gasteiger partial charge in [-0.3, -0.25) is 14.4 Å². The van der Waals surface area contributed by atoms with Crippen LogP contribution in [0.2, 0.25) is 0 Å². The molecule has 0 spiro atoms. The van der Waals surface area contributed by atoms with Gasteiger partial charge < -0.3 is 28.8 Å². The molecule has 4 atom stereocenters. The number of benzene rings is 2. The van der Waals surface area contributed by atoms with E-state index in [2.05, 4.69) is 0 Å². The monoisotopic (exact) mass is 522 g/mol. The Morgan fingerprint density at radius 2 is 1.37 bits per heavy atom. The second-order valence-corrected chi connectivity index (χ2v) is 9.19. The SMILES string of the molecule is COc1ccc(/C=C/C(=O)[C@@H]2C[C@]3(C(=O)/C=C/c4ccc(OC)c(OC)c4)C[C@@H](OC3=O)[C@@H]2O)cc1OC. The third-order valence-electron chi connectivity index (χ3n) is 7.08. The Morgan fingerprint density at radius 1 is 0.842 bits per heavy atom. The van der Waals surface area contributed by atoms with Crippen LogP contribution in [0, 0.1) is 11.3 Å². The van der Waals surface area contributed by atoms with Gasteiger partial charge >= 0.3 is 5.97 Å². The summed E-state index contributed by atoms with van der Waals surface area (Å²) in [6.07, 6.45) is 3.53. The van der Waals surface area contributed by atoms with Crippen molar-refractivity contribution in [1.29, 1.82) is 0 Å². The van der Waals surface area contributed by atoms with Crippen LogP contribution in [0.3, 0.4) is 0 Å². The van der Waals surface area contributed by atoms with E-state index < -0.39 is 41.1 Å². The molecule has 2 aliphatic rings. The van der Waals surface area contributed by atoms with Crippen molar-refractivity contribution in [2.24, 2.45) is 11.3 Å². The summed E-state index contributed by atoms with van der Waals surface area (Å²) in [6.45, 7) is 0. The van der Waals surface area contributed by atoms with Gasteiger partial charge in [-0.05, 0) is 54.0 Å². The van der Waals surface area contributed by atoms with Crippen molar-refractivity contribution < 1.29 is 43.2 Å². The van der Waals surface area contributed by atoms with Crippen LogP contribution in [0.5, 0.6) is 23.0 Å². The third-order valence-corrected chi connectivity index (χ3v) is 7.08. The molecule has 0 amide bonds. The number of carbonyl (C=O) groups is 3. The van der Waals surface area contributed by atoms with Crippen molar-refractivity contribution in [3.05, 3.63) is 59.7 Å². The second-order valence-electron chi connectivity index (χ2n) is 9.19. The predicted octanol–water partition coefficient (Wildman–Crippen LogP) is 3.27. The average molecular weight is 523 g/mol. The summed E-state index contributed by atoms with van der Waals surface area (Å²) in [7, 11) is 6.07. The Morgan fingerprint density at radius 3 is 1.89 bits per heavy atom. The molecule has 9 nitrogen and oxygen atoms in total. The number of rotatable bonds is 10. The maximum Gasteiger partial charge on any atom is 0.320 e. The Bertz CT molecular complexity index is 1290. The Kier molecular flexibility index (Phi) is 7.87. The molecule has 4 rings (SSSR count). The van der Waals surface area contributed by atoms with Gasteiger partial charge in [0.2, 0.25) is 0 Å². The van der Waals surface area contributed by atoms with Crippen molar-refractivity contribution in [3.8, 4) is 23.0 Å². The quantitative estimate of drug-likeness (QED) is 0.285. The molecule has 1 heterocycles. The number of hydrogen-bond acceptors (Lipinski definition) is 9. The highest BCUT2D eigenvalue weighted by atomic mass is 16.6. The fourth-order valence-corrected chi connectivity index (χ4v) is 4.95. The minimum Gasteiger partial charge on any atom is -0.493 e. The first kappa shape index (κ1) is 26.9. The van der Waals surface area contributed by atoms with Crippen LogP contribution in [-0.2, 0) is 19.1 Å². The van der Waals surface area contributed by atoms with E-state index >= 15 is 0 Å². The first-order valence-electron chi connectivity index (χ1n) is 12.0. The van der Waals surface area contributed by atoms with Crippen molar-refractivity contribution in [3.63, 3.8) is 0 Å². The smallest absolute Gasteiger partial charge is 0.320 e. The van der Waals surface area contributed by atoms with E-state index in [1.54, 1.807) is 48.6 Å². The molecular formula is C29H30O9. The number of esters is 1. The van der Waals surface area contributed by atoms with Crippen molar-refractivity contribution >= 4 is 29.7 Å². The number of allylic oxidation sites excluding steroid dienone is 2. The lowest BCUT2D eigenvalue weighted by atomic mass is 9.65. The van der Waals surface area contributed by atoms with Crippen LogP contribution in [0.4, 0.5) is 0 Å². The van der Waals surface area contributed by atoms with E-state index in [9.17, 15) is 19.5 Å². The molecule has 2 fully saturated rings. The lowest BCUT2D eigenvalue weighted by molar-refractivity contribution is -0.151. The van der Waals surface area contributed by atoms with Crippen molar-refractivity contribution in [2.75, 3.05) is 28.4 Å². The molecule has 0 radical (unpaired) electrons. The maximum absolute atomic E-state index is 13.3. The van der Waals surface area contributed by atoms with Gasteiger partial charge in [-0.25, -0.2) is 0 Å². The van der Waals surface area contributed by atoms with Gasteiger partial charge in [0.25, 0.3) is 0 Å². The number of methoxy groups -OCH3 is 4. The van der Waals surface area contributed by atoms with Gasteiger partial charge in [0.1, 0.15) is 17.6 Å². The first-order chi connectivity index (χ1) is 18.3. The molecule has 9 heteroatoms. The largest absolute Gasteiger partial charge is 0.493 e. The van der Waals surface area contributed by atoms with E-state index in [1.807, 2.05) is 0 Å². The number of ketones is 2. The second kappa shape index (κ2) is 11.1. The molecule has 1 aliphatic carbocycles. The van der Waals surface area contributed by atoms with E-state index in [4.69, 9.17) is 23.7 Å². The zero-order chi connectivity index (χ0) is 27.4. The number of aliphatic hydroxyl groups is 1. The van der Waals surface area contributed by atoms with Gasteiger partial charge in [-0.2, -0.15) is 0 Å². The van der Waals surface area contributed by atoms with Gasteiger partial charge in [0, 0.05) is 6.42 Å². The summed E-state index contributed by atoms with van der Waals surface area (Å²) in [4.78, 5) is 39.3. The van der Waals surface area contributed by atoms with Gasteiger partial charge in [-0.15, -0.1) is 0 Å². The first-order valence-corrected chi connectivity index (χ1v) is 12.0. The lowest BCUT2D eigenvalue weighted by Crippen LogP contribution is -2.47. The van der Waals surface area contributed by atoms with Gasteiger partial charge in [0.15, 0.2) is 34.6 Å². The molecule has 0 aromatic heterocycles. The minimum absolute atomic E-state index is 0.0191. The van der Waals surface area contributed by atoms with E-state index in [1.165, 1.54) is 40.6 Å². The highest BCUT2D eigenvalue weighted by Gasteiger charge is 2.62. The minimum atomic E-state index is -1.53. The number of aliphatic hydroxyl groups excluding tert-OH is 1. The molecule has 1 aliphatic heterocycles. The number of fused-ring (bicyclic) bond motifs is 2. The highest BCUT2D eigenvalue weighted by molar-refractivity contribution is 6.12. The van der Waals surface area contributed by atoms with Crippen LogP contribution in [0.25, 0.3) is 12.2 Å². The molecule has 38 heavy (non-hydrogen) atoms. The van der Waals surface area contributed by atoms with Gasteiger partial charge in [0.05, 0.1) is 34.4 Å². The summed E-state index contributed by atoms with van der Waals surface area (Å²) in [5.41, 5.74) is -0.189. The molecule has 2 aromatic rings. The Hall–Kier alpha value is -4.11. The summed E-state index contributed by atoms with van der Waals surface area (Å²) in [6, 6.07) is 10.3. The fourth-order valence-electron chi connectivity index (χ4n) is 4.95. The molecule has 0 unspecified atom stereocenters. The summed E-state index contributed by atoms with van der Waals surface area (Å²) < 4.78 is 26.4. The summed E-state index contributed by atoms with van der Waals surface area (Å²) in [5.74, 6) is -0.494. The van der Waals surface area contributed by atoms with Crippen LogP contribution >= 0.6 is 0 Å². The molecule has 2 aromatic carbocycles. The lowest BCUT2D eigenvalue weighted by Gasteiger charge is -2.34. The van der Waals surface area contributed by atoms with Crippen LogP contribution in [0.1, 0.15) is 24.0 Å². The third kappa shape index (κ3) is 5.02. The maximum atomic E-state index is 13.3. The topological polar surface area (TPSA) is 118 Å². The van der Waals surface area contributed by atoms with Crippen molar-refractivity contribution in [2.45, 2.75) is 25.0 Å². The number of hydrogen-bond donors (Lipinski definition) is 1. The van der Waals surface area contributed by atoms with E-state index in [-0.39, 0.29) is 12.8 Å². The van der Waals surface area contributed by atoms with Crippen molar-refractivity contribution in [1.82, 2.24) is 0 Å².